The number of aryl methyl sites for hydroxylation is 3. The number of carbonyl (C=O) groups is 1. The van der Waals surface area contributed by atoms with Crippen molar-refractivity contribution in [2.24, 2.45) is 14.1 Å². The normalized spacial score (nSPS) is 14.4. The molecule has 0 atom stereocenters. The van der Waals surface area contributed by atoms with Gasteiger partial charge in [0.15, 0.2) is 0 Å². The summed E-state index contributed by atoms with van der Waals surface area (Å²) in [7, 11) is -0.641. The number of imidazole rings is 1. The summed E-state index contributed by atoms with van der Waals surface area (Å²) >= 11 is 0. The van der Waals surface area contributed by atoms with Gasteiger partial charge in [-0.3, -0.25) is 13.9 Å². The number of carbonyl (C=O) groups excluding carboxylic acids is 1. The van der Waals surface area contributed by atoms with Crippen LogP contribution < -0.4 is 15.3 Å². The Hall–Kier alpha value is -3.73. The maximum atomic E-state index is 13.6. The highest BCUT2D eigenvalue weighted by Crippen LogP contribution is 2.35. The maximum Gasteiger partial charge on any atom is 0.374 e. The molecule has 4 aromatic rings. The summed E-state index contributed by atoms with van der Waals surface area (Å²) in [6.45, 7) is 5.21. The molecule has 3 heterocycles. The van der Waals surface area contributed by atoms with Crippen LogP contribution in [0, 0.1) is 6.92 Å². The van der Waals surface area contributed by atoms with Gasteiger partial charge in [-0.2, -0.15) is 0 Å². The van der Waals surface area contributed by atoms with Gasteiger partial charge in [-0.25, -0.2) is 18.0 Å². The first kappa shape index (κ1) is 24.9. The minimum absolute atomic E-state index is 0.0333. The predicted octanol–water partition coefficient (Wildman–Crippen LogP) is 3.90. The number of anilines is 2. The van der Waals surface area contributed by atoms with Crippen LogP contribution in [0.15, 0.2) is 44.4 Å². The number of furan rings is 1. The van der Waals surface area contributed by atoms with Crippen molar-refractivity contribution in [2.75, 3.05) is 29.3 Å². The van der Waals surface area contributed by atoms with Crippen LogP contribution in [0.3, 0.4) is 0 Å². The number of aromatic nitrogens is 2. The van der Waals surface area contributed by atoms with Gasteiger partial charge >= 0.3 is 11.7 Å². The number of rotatable bonds is 6. The Morgan fingerprint density at radius 2 is 1.73 bits per heavy atom. The fourth-order valence-electron chi connectivity index (χ4n) is 4.97. The summed E-state index contributed by atoms with van der Waals surface area (Å²) in [6, 6.07) is 8.08. The molecular weight excluding hydrogens is 496 g/mol. The molecule has 1 aliphatic rings. The van der Waals surface area contributed by atoms with Gasteiger partial charge in [-0.05, 0) is 63.4 Å². The van der Waals surface area contributed by atoms with E-state index in [9.17, 15) is 18.0 Å². The monoisotopic (exact) mass is 526 g/mol. The number of nitrogens with one attached hydrogen (secondary N) is 1. The lowest BCUT2D eigenvalue weighted by atomic mass is 10.1. The average Bonchev–Trinajstić information content (AvgIpc) is 3.33. The minimum Gasteiger partial charge on any atom is -0.460 e. The zero-order valence-electron chi connectivity index (χ0n) is 21.3. The average molecular weight is 527 g/mol. The van der Waals surface area contributed by atoms with Gasteiger partial charge in [-0.1, -0.05) is 0 Å². The molecular formula is C26H30N4O6S. The van der Waals surface area contributed by atoms with E-state index in [2.05, 4.69) is 9.62 Å². The zero-order chi connectivity index (χ0) is 26.5. The first-order valence-electron chi connectivity index (χ1n) is 12.3. The van der Waals surface area contributed by atoms with Crippen molar-refractivity contribution >= 4 is 49.4 Å². The molecule has 10 nitrogen and oxygen atoms in total. The van der Waals surface area contributed by atoms with Gasteiger partial charge in [0.2, 0.25) is 5.76 Å². The van der Waals surface area contributed by atoms with Gasteiger partial charge in [0.05, 0.1) is 33.9 Å². The van der Waals surface area contributed by atoms with Crippen LogP contribution >= 0.6 is 0 Å². The van der Waals surface area contributed by atoms with E-state index in [4.69, 9.17) is 9.15 Å². The van der Waals surface area contributed by atoms with Crippen LogP contribution in [0.25, 0.3) is 22.0 Å². The van der Waals surface area contributed by atoms with Crippen LogP contribution in [0.1, 0.15) is 42.3 Å². The second kappa shape index (κ2) is 9.29. The Morgan fingerprint density at radius 1 is 1.05 bits per heavy atom. The minimum atomic E-state index is -4.02. The Labute approximate surface area is 214 Å². The van der Waals surface area contributed by atoms with Gasteiger partial charge in [0, 0.05) is 38.1 Å². The number of ether oxygens (including phenoxy) is 1. The topological polar surface area (TPSA) is 116 Å². The second-order valence-electron chi connectivity index (χ2n) is 9.35. The molecule has 1 saturated heterocycles. The van der Waals surface area contributed by atoms with E-state index in [0.717, 1.165) is 43.6 Å². The molecule has 0 spiro atoms. The molecule has 0 unspecified atom stereocenters. The SMILES string of the molecule is CCOC(=O)c1oc2ccc(S(=O)(=O)Nc3cc4c(cc3N3CCCCC3)n(C)c(=O)n4C)cc2c1C. The Kier molecular flexibility index (Phi) is 6.26. The first-order chi connectivity index (χ1) is 17.6. The third-order valence-electron chi connectivity index (χ3n) is 7.01. The molecule has 2 aromatic carbocycles. The van der Waals surface area contributed by atoms with Crippen LogP contribution in [-0.2, 0) is 28.9 Å². The molecule has 1 aliphatic heterocycles. The lowest BCUT2D eigenvalue weighted by Crippen LogP contribution is -2.30. The van der Waals surface area contributed by atoms with Crippen molar-refractivity contribution in [1.82, 2.24) is 9.13 Å². The Bertz CT molecular complexity index is 1690. The van der Waals surface area contributed by atoms with Gasteiger partial charge in [-0.15, -0.1) is 0 Å². The van der Waals surface area contributed by atoms with Crippen LogP contribution in [0.4, 0.5) is 11.4 Å². The van der Waals surface area contributed by atoms with Crippen LogP contribution in [-0.4, -0.2) is 43.2 Å². The highest BCUT2D eigenvalue weighted by molar-refractivity contribution is 7.92. The Morgan fingerprint density at radius 3 is 2.41 bits per heavy atom. The van der Waals surface area contributed by atoms with Crippen molar-refractivity contribution in [2.45, 2.75) is 38.0 Å². The third kappa shape index (κ3) is 4.26. The van der Waals surface area contributed by atoms with E-state index >= 15 is 0 Å². The summed E-state index contributed by atoms with van der Waals surface area (Å²) in [5.74, 6) is -0.533. The molecule has 1 fully saturated rings. The van der Waals surface area contributed by atoms with Crippen molar-refractivity contribution in [3.8, 4) is 0 Å². The summed E-state index contributed by atoms with van der Waals surface area (Å²) in [6.07, 6.45) is 3.15. The smallest absolute Gasteiger partial charge is 0.374 e. The van der Waals surface area contributed by atoms with Crippen LogP contribution in [0.5, 0.6) is 0 Å². The molecule has 37 heavy (non-hydrogen) atoms. The molecule has 1 N–H and O–H groups in total. The van der Waals surface area contributed by atoms with Crippen molar-refractivity contribution in [1.29, 1.82) is 0 Å². The maximum absolute atomic E-state index is 13.6. The van der Waals surface area contributed by atoms with Gasteiger partial charge < -0.3 is 14.1 Å². The standard InChI is InChI=1S/C26H30N4O6S/c1-5-35-25(31)24-16(2)18-13-17(9-10-23(18)36-24)37(33,34)27-19-14-21-22(29(4)26(32)28(21)3)15-20(19)30-11-7-6-8-12-30/h9-10,13-15,27H,5-8,11-12H2,1-4H3. The molecule has 2 aromatic heterocycles. The number of sulfonamides is 1. The molecule has 0 saturated carbocycles. The molecule has 0 radical (unpaired) electrons. The highest BCUT2D eigenvalue weighted by Gasteiger charge is 2.25. The van der Waals surface area contributed by atoms with Gasteiger partial charge in [0.1, 0.15) is 5.58 Å². The molecule has 0 amide bonds. The van der Waals surface area contributed by atoms with E-state index in [0.29, 0.717) is 27.7 Å². The zero-order valence-corrected chi connectivity index (χ0v) is 22.1. The molecule has 196 valence electrons. The fraction of sp³-hybridized carbons (Fsp3) is 0.385. The van der Waals surface area contributed by atoms with Gasteiger partial charge in [0.25, 0.3) is 10.0 Å². The van der Waals surface area contributed by atoms with E-state index in [-0.39, 0.29) is 23.0 Å². The number of fused-ring (bicyclic) bond motifs is 2. The van der Waals surface area contributed by atoms with Crippen molar-refractivity contribution in [3.05, 3.63) is 52.1 Å². The van der Waals surface area contributed by atoms with E-state index in [1.54, 1.807) is 38.6 Å². The largest absolute Gasteiger partial charge is 0.460 e. The van der Waals surface area contributed by atoms with Crippen LogP contribution in [0.2, 0.25) is 0 Å². The number of esters is 1. The predicted molar refractivity (Wildman–Crippen MR) is 142 cm³/mol. The highest BCUT2D eigenvalue weighted by atomic mass is 32.2. The summed E-state index contributed by atoms with van der Waals surface area (Å²) in [4.78, 5) is 27.0. The van der Waals surface area contributed by atoms with E-state index in [1.807, 2.05) is 6.07 Å². The van der Waals surface area contributed by atoms with Crippen molar-refractivity contribution < 1.29 is 22.4 Å². The number of nitrogens with zero attached hydrogens (tertiary/aromatic N) is 3. The lowest BCUT2D eigenvalue weighted by Gasteiger charge is -2.31. The number of hydrogen-bond acceptors (Lipinski definition) is 7. The number of benzene rings is 2. The van der Waals surface area contributed by atoms with E-state index < -0.39 is 16.0 Å². The molecule has 5 rings (SSSR count). The fourth-order valence-corrected chi connectivity index (χ4v) is 6.07. The van der Waals surface area contributed by atoms with Crippen molar-refractivity contribution in [3.63, 3.8) is 0 Å². The molecule has 11 heteroatoms. The quantitative estimate of drug-likeness (QED) is 0.379. The van der Waals surface area contributed by atoms with E-state index in [1.165, 1.54) is 22.8 Å². The summed E-state index contributed by atoms with van der Waals surface area (Å²) < 4.78 is 43.7. The second-order valence-corrected chi connectivity index (χ2v) is 11.0. The first-order valence-corrected chi connectivity index (χ1v) is 13.8. The molecule has 0 aliphatic carbocycles. The lowest BCUT2D eigenvalue weighted by molar-refractivity contribution is 0.0491. The molecule has 0 bridgehead atoms. The summed E-state index contributed by atoms with van der Waals surface area (Å²) in [5.41, 5.74) is 3.24. The number of piperidine rings is 1. The third-order valence-corrected chi connectivity index (χ3v) is 8.37. The number of hydrogen-bond donors (Lipinski definition) is 1. The summed E-state index contributed by atoms with van der Waals surface area (Å²) in [5, 5.41) is 0.517. The Balaban J connectivity index is 1.59.